The van der Waals surface area contributed by atoms with E-state index in [1.807, 2.05) is 24.3 Å². The van der Waals surface area contributed by atoms with Crippen molar-refractivity contribution in [2.24, 2.45) is 11.1 Å². The summed E-state index contributed by atoms with van der Waals surface area (Å²) in [4.78, 5) is 30.3. The lowest BCUT2D eigenvalue weighted by molar-refractivity contribution is -0.139. The Labute approximate surface area is 195 Å². The molecule has 7 heteroatoms. The Morgan fingerprint density at radius 3 is 2.52 bits per heavy atom. The highest BCUT2D eigenvalue weighted by Crippen LogP contribution is 2.51. The van der Waals surface area contributed by atoms with Crippen molar-refractivity contribution in [2.45, 2.75) is 50.8 Å². The molecule has 3 N–H and O–H groups in total. The normalized spacial score (nSPS) is 22.6. The van der Waals surface area contributed by atoms with E-state index in [2.05, 4.69) is 11.9 Å². The van der Waals surface area contributed by atoms with Crippen LogP contribution in [0.25, 0.3) is 11.1 Å². The number of hydrogen-bond donors (Lipinski definition) is 2. The fourth-order valence-corrected chi connectivity index (χ4v) is 5.88. The number of carbonyl (C=O) groups is 1. The summed E-state index contributed by atoms with van der Waals surface area (Å²) in [5.41, 5.74) is 7.24. The zero-order valence-electron chi connectivity index (χ0n) is 20.0. The van der Waals surface area contributed by atoms with Gasteiger partial charge in [-0.1, -0.05) is 37.1 Å². The molecule has 1 aliphatic carbocycles. The van der Waals surface area contributed by atoms with Crippen LogP contribution >= 0.6 is 0 Å². The van der Waals surface area contributed by atoms with E-state index in [4.69, 9.17) is 5.73 Å². The Morgan fingerprint density at radius 2 is 1.85 bits per heavy atom. The topological polar surface area (TPSA) is 91.8 Å². The molecule has 1 saturated carbocycles. The van der Waals surface area contributed by atoms with Crippen molar-refractivity contribution < 1.29 is 9.90 Å². The minimum Gasteiger partial charge on any atom is -0.387 e. The smallest absolute Gasteiger partial charge is 0.255 e. The first-order chi connectivity index (χ1) is 15.7. The maximum Gasteiger partial charge on any atom is 0.255 e. The lowest BCUT2D eigenvalue weighted by atomic mass is 9.66. The van der Waals surface area contributed by atoms with Gasteiger partial charge in [-0.15, -0.1) is 0 Å². The molecule has 33 heavy (non-hydrogen) atoms. The predicted octanol–water partition coefficient (Wildman–Crippen LogP) is 2.30. The molecule has 1 aromatic carbocycles. The molecule has 178 valence electrons. The molecule has 2 fully saturated rings. The van der Waals surface area contributed by atoms with Gasteiger partial charge in [0, 0.05) is 57.0 Å². The first kappa shape index (κ1) is 23.7. The summed E-state index contributed by atoms with van der Waals surface area (Å²) in [6.07, 6.45) is 6.40. The molecular formula is C26H36N4O3. The van der Waals surface area contributed by atoms with Gasteiger partial charge in [0.1, 0.15) is 0 Å². The molecule has 1 unspecified atom stereocenters. The SMILES string of the molecule is CN1CCC(O)(Cn2cc(C(=O)N(C)C)c(-c3ccccc3CN)cc2=O)C2(CCCC2)C1. The third-order valence-corrected chi connectivity index (χ3v) is 7.75. The minimum atomic E-state index is -0.977. The van der Waals surface area contributed by atoms with Gasteiger partial charge in [-0.25, -0.2) is 0 Å². The molecule has 1 saturated heterocycles. The van der Waals surface area contributed by atoms with E-state index in [1.165, 1.54) is 11.0 Å². The Balaban J connectivity index is 1.81. The van der Waals surface area contributed by atoms with Crippen molar-refractivity contribution in [3.05, 3.63) is 58.0 Å². The van der Waals surface area contributed by atoms with Crippen LogP contribution in [0.1, 0.15) is 48.0 Å². The van der Waals surface area contributed by atoms with Gasteiger partial charge < -0.3 is 25.2 Å². The zero-order valence-corrected chi connectivity index (χ0v) is 20.0. The van der Waals surface area contributed by atoms with Crippen LogP contribution in [-0.4, -0.2) is 65.2 Å². The number of hydrogen-bond acceptors (Lipinski definition) is 5. The molecule has 1 atom stereocenters. The molecule has 0 radical (unpaired) electrons. The van der Waals surface area contributed by atoms with E-state index in [1.54, 1.807) is 24.9 Å². The van der Waals surface area contributed by atoms with Gasteiger partial charge in [0.15, 0.2) is 0 Å². The number of likely N-dealkylation sites (tertiary alicyclic amines) is 1. The lowest BCUT2D eigenvalue weighted by Crippen LogP contribution is -2.60. The average molecular weight is 453 g/mol. The summed E-state index contributed by atoms with van der Waals surface area (Å²) in [6.45, 7) is 2.14. The van der Waals surface area contributed by atoms with Crippen LogP contribution in [0.4, 0.5) is 0 Å². The summed E-state index contributed by atoms with van der Waals surface area (Å²) in [7, 11) is 5.51. The van der Waals surface area contributed by atoms with E-state index in [9.17, 15) is 14.7 Å². The zero-order chi connectivity index (χ0) is 23.8. The van der Waals surface area contributed by atoms with Crippen molar-refractivity contribution in [1.29, 1.82) is 0 Å². The van der Waals surface area contributed by atoms with Crippen LogP contribution in [0, 0.1) is 5.41 Å². The second kappa shape index (κ2) is 9.05. The standard InChI is InChI=1S/C26H36N4O3/c1-28(2)24(32)22-16-30(23(31)14-21(22)20-9-5-4-8-19(20)15-27)18-26(33)12-13-29(3)17-25(26)10-6-7-11-25/h4-5,8-9,14,16,33H,6-7,10-13,15,17-18,27H2,1-3H3. The Hall–Kier alpha value is -2.48. The molecule has 2 aromatic rings. The van der Waals surface area contributed by atoms with Crippen molar-refractivity contribution in [3.8, 4) is 11.1 Å². The van der Waals surface area contributed by atoms with Gasteiger partial charge in [-0.3, -0.25) is 9.59 Å². The van der Waals surface area contributed by atoms with E-state index >= 15 is 0 Å². The Morgan fingerprint density at radius 1 is 1.15 bits per heavy atom. The van der Waals surface area contributed by atoms with Crippen LogP contribution in [0.5, 0.6) is 0 Å². The molecule has 2 aliphatic rings. The number of carbonyl (C=O) groups excluding carboxylic acids is 1. The monoisotopic (exact) mass is 452 g/mol. The molecular weight excluding hydrogens is 416 g/mol. The number of benzene rings is 1. The van der Waals surface area contributed by atoms with Gasteiger partial charge >= 0.3 is 0 Å². The Bertz CT molecular complexity index is 1090. The van der Waals surface area contributed by atoms with Crippen LogP contribution in [0.2, 0.25) is 0 Å². The summed E-state index contributed by atoms with van der Waals surface area (Å²) in [5, 5.41) is 11.9. The maximum absolute atomic E-state index is 13.3. The molecule has 2 heterocycles. The van der Waals surface area contributed by atoms with Crippen LogP contribution < -0.4 is 11.3 Å². The third-order valence-electron chi connectivity index (χ3n) is 7.75. The molecule has 7 nitrogen and oxygen atoms in total. The summed E-state index contributed by atoms with van der Waals surface area (Å²) in [6, 6.07) is 9.12. The van der Waals surface area contributed by atoms with Crippen LogP contribution in [0.3, 0.4) is 0 Å². The number of pyridine rings is 1. The highest BCUT2D eigenvalue weighted by molar-refractivity contribution is 6.00. The minimum absolute atomic E-state index is 0.184. The fourth-order valence-electron chi connectivity index (χ4n) is 5.88. The predicted molar refractivity (Wildman–Crippen MR) is 130 cm³/mol. The molecule has 0 bridgehead atoms. The number of aliphatic hydroxyl groups is 1. The highest BCUT2D eigenvalue weighted by atomic mass is 16.3. The third kappa shape index (κ3) is 4.25. The van der Waals surface area contributed by atoms with Crippen molar-refractivity contribution in [1.82, 2.24) is 14.4 Å². The van der Waals surface area contributed by atoms with Gasteiger partial charge in [0.2, 0.25) is 0 Å². The second-order valence-electron chi connectivity index (χ2n) is 10.1. The molecule has 1 aliphatic heterocycles. The van der Waals surface area contributed by atoms with Crippen LogP contribution in [0.15, 0.2) is 41.3 Å². The van der Waals surface area contributed by atoms with Crippen molar-refractivity contribution in [2.75, 3.05) is 34.2 Å². The van der Waals surface area contributed by atoms with E-state index in [0.717, 1.165) is 49.9 Å². The highest BCUT2D eigenvalue weighted by Gasteiger charge is 2.54. The molecule has 4 rings (SSSR count). The maximum atomic E-state index is 13.3. The molecule has 1 spiro atoms. The van der Waals surface area contributed by atoms with Gasteiger partial charge in [-0.2, -0.15) is 0 Å². The molecule has 1 amide bonds. The lowest BCUT2D eigenvalue weighted by Gasteiger charge is -2.51. The summed E-state index contributed by atoms with van der Waals surface area (Å²) >= 11 is 0. The van der Waals surface area contributed by atoms with E-state index in [-0.39, 0.29) is 23.4 Å². The van der Waals surface area contributed by atoms with Gasteiger partial charge in [-0.05, 0) is 37.4 Å². The van der Waals surface area contributed by atoms with Crippen molar-refractivity contribution in [3.63, 3.8) is 0 Å². The van der Waals surface area contributed by atoms with E-state index < -0.39 is 5.60 Å². The fraction of sp³-hybridized carbons (Fsp3) is 0.538. The first-order valence-electron chi connectivity index (χ1n) is 11.9. The number of nitrogens with two attached hydrogens (primary N) is 1. The average Bonchev–Trinajstić information content (AvgIpc) is 3.27. The second-order valence-corrected chi connectivity index (χ2v) is 10.1. The Kier molecular flexibility index (Phi) is 6.49. The van der Waals surface area contributed by atoms with Crippen molar-refractivity contribution >= 4 is 5.91 Å². The number of aromatic nitrogens is 1. The van der Waals surface area contributed by atoms with E-state index in [0.29, 0.717) is 24.1 Å². The van der Waals surface area contributed by atoms with Crippen LogP contribution in [-0.2, 0) is 13.1 Å². The quantitative estimate of drug-likeness (QED) is 0.726. The number of piperidine rings is 1. The number of nitrogens with zero attached hydrogens (tertiary/aromatic N) is 3. The van der Waals surface area contributed by atoms with Gasteiger partial charge in [0.05, 0.1) is 17.7 Å². The largest absolute Gasteiger partial charge is 0.387 e. The number of amides is 1. The number of rotatable bonds is 5. The first-order valence-corrected chi connectivity index (χ1v) is 11.9. The summed E-state index contributed by atoms with van der Waals surface area (Å²) < 4.78 is 1.55. The summed E-state index contributed by atoms with van der Waals surface area (Å²) in [5.74, 6) is -0.184. The van der Waals surface area contributed by atoms with Gasteiger partial charge in [0.25, 0.3) is 11.5 Å². The molecule has 1 aromatic heterocycles.